The highest BCUT2D eigenvalue weighted by Crippen LogP contribution is 2.48. The topological polar surface area (TPSA) is 17.1 Å². The third-order valence-electron chi connectivity index (χ3n) is 4.19. The van der Waals surface area contributed by atoms with E-state index in [0.29, 0.717) is 11.8 Å². The minimum Gasteiger partial charge on any atom is -0.290 e. The van der Waals surface area contributed by atoms with Gasteiger partial charge in [-0.3, -0.25) is 4.79 Å². The molecule has 0 saturated heterocycles. The fourth-order valence-electron chi connectivity index (χ4n) is 2.69. The first-order valence-corrected chi connectivity index (χ1v) is 6.06. The van der Waals surface area contributed by atoms with Gasteiger partial charge in [0.25, 0.3) is 0 Å². The molecule has 1 nitrogen and oxygen atoms in total. The molecular formula is C15H20O. The maximum absolute atomic E-state index is 11.5. The predicted molar refractivity (Wildman–Crippen MR) is 67.0 cm³/mol. The van der Waals surface area contributed by atoms with E-state index in [1.165, 1.54) is 11.1 Å². The van der Waals surface area contributed by atoms with Gasteiger partial charge in [0.15, 0.2) is 5.78 Å². The van der Waals surface area contributed by atoms with Crippen LogP contribution in [0.1, 0.15) is 34.1 Å². The second-order valence-electron chi connectivity index (χ2n) is 5.63. The van der Waals surface area contributed by atoms with E-state index in [-0.39, 0.29) is 11.2 Å². The van der Waals surface area contributed by atoms with Crippen LogP contribution in [-0.2, 0) is 4.79 Å². The van der Waals surface area contributed by atoms with Crippen LogP contribution >= 0.6 is 0 Å². The van der Waals surface area contributed by atoms with Crippen molar-refractivity contribution in [2.24, 2.45) is 17.3 Å². The van der Waals surface area contributed by atoms with Gasteiger partial charge in [-0.05, 0) is 42.9 Å². The molecule has 0 amide bonds. The number of hydrogen-bond acceptors (Lipinski definition) is 1. The zero-order chi connectivity index (χ0) is 11.9. The molecule has 0 aromatic heterocycles. The van der Waals surface area contributed by atoms with Crippen molar-refractivity contribution in [3.8, 4) is 0 Å². The molecule has 0 aromatic rings. The lowest BCUT2D eigenvalue weighted by Gasteiger charge is -2.41. The van der Waals surface area contributed by atoms with Crippen molar-refractivity contribution in [1.29, 1.82) is 0 Å². The highest BCUT2D eigenvalue weighted by Gasteiger charge is 2.37. The van der Waals surface area contributed by atoms with E-state index < -0.39 is 0 Å². The van der Waals surface area contributed by atoms with Crippen LogP contribution in [0.4, 0.5) is 0 Å². The van der Waals surface area contributed by atoms with Crippen molar-refractivity contribution >= 4 is 5.78 Å². The largest absolute Gasteiger partial charge is 0.290 e. The Bertz CT molecular complexity index is 409. The number of carbonyl (C=O) groups is 1. The molecule has 0 saturated carbocycles. The minimum absolute atomic E-state index is 0.0809. The van der Waals surface area contributed by atoms with Crippen LogP contribution in [0.2, 0.25) is 0 Å². The molecule has 1 heteroatoms. The molecule has 0 N–H and O–H groups in total. The average Bonchev–Trinajstić information content (AvgIpc) is 2.19. The summed E-state index contributed by atoms with van der Waals surface area (Å²) >= 11 is 0. The normalized spacial score (nSPS) is 33.6. The lowest BCUT2D eigenvalue weighted by molar-refractivity contribution is -0.110. The molecule has 16 heavy (non-hydrogen) atoms. The van der Waals surface area contributed by atoms with Gasteiger partial charge in [-0.1, -0.05) is 38.5 Å². The summed E-state index contributed by atoms with van der Waals surface area (Å²) in [6.07, 6.45) is 9.13. The number of ketones is 1. The molecule has 0 fully saturated rings. The van der Waals surface area contributed by atoms with Gasteiger partial charge in [0.2, 0.25) is 0 Å². The maximum Gasteiger partial charge on any atom is 0.178 e. The van der Waals surface area contributed by atoms with E-state index in [1.807, 2.05) is 0 Å². The molecule has 0 aromatic carbocycles. The van der Waals surface area contributed by atoms with Gasteiger partial charge < -0.3 is 0 Å². The Morgan fingerprint density at radius 2 is 2.06 bits per heavy atom. The first kappa shape index (κ1) is 11.4. The Labute approximate surface area is 97.9 Å². The van der Waals surface area contributed by atoms with E-state index in [2.05, 4.69) is 39.8 Å². The molecule has 0 heterocycles. The van der Waals surface area contributed by atoms with Crippen LogP contribution in [0.5, 0.6) is 0 Å². The van der Waals surface area contributed by atoms with Crippen molar-refractivity contribution in [3.05, 3.63) is 35.5 Å². The SMILES string of the molecule is CC1=CC(=O)C=C2C=C[C@@H](C(C)C)CC12C. The smallest absolute Gasteiger partial charge is 0.178 e. The molecule has 2 aliphatic rings. The lowest BCUT2D eigenvalue weighted by atomic mass is 9.63. The Kier molecular flexibility index (Phi) is 2.65. The minimum atomic E-state index is 0.0809. The van der Waals surface area contributed by atoms with Gasteiger partial charge in [-0.25, -0.2) is 0 Å². The van der Waals surface area contributed by atoms with Crippen molar-refractivity contribution in [2.75, 3.05) is 0 Å². The Morgan fingerprint density at radius 3 is 2.69 bits per heavy atom. The Balaban J connectivity index is 2.41. The van der Waals surface area contributed by atoms with Gasteiger partial charge in [-0.15, -0.1) is 0 Å². The zero-order valence-corrected chi connectivity index (χ0v) is 10.6. The number of fused-ring (bicyclic) bond motifs is 1. The number of rotatable bonds is 1. The summed E-state index contributed by atoms with van der Waals surface area (Å²) in [7, 11) is 0. The molecule has 2 aliphatic carbocycles. The Hall–Kier alpha value is -1.11. The second-order valence-corrected chi connectivity index (χ2v) is 5.63. The third-order valence-corrected chi connectivity index (χ3v) is 4.19. The monoisotopic (exact) mass is 216 g/mol. The van der Waals surface area contributed by atoms with Crippen LogP contribution < -0.4 is 0 Å². The molecular weight excluding hydrogens is 196 g/mol. The van der Waals surface area contributed by atoms with Gasteiger partial charge >= 0.3 is 0 Å². The molecule has 86 valence electrons. The summed E-state index contributed by atoms with van der Waals surface area (Å²) in [5, 5.41) is 0. The van der Waals surface area contributed by atoms with Gasteiger partial charge in [-0.2, -0.15) is 0 Å². The number of hydrogen-bond donors (Lipinski definition) is 0. The van der Waals surface area contributed by atoms with E-state index in [9.17, 15) is 4.79 Å². The summed E-state index contributed by atoms with van der Waals surface area (Å²) in [4.78, 5) is 11.5. The van der Waals surface area contributed by atoms with Crippen molar-refractivity contribution < 1.29 is 4.79 Å². The lowest BCUT2D eigenvalue weighted by Crippen LogP contribution is -2.31. The summed E-state index contributed by atoms with van der Waals surface area (Å²) in [5.41, 5.74) is 2.48. The van der Waals surface area contributed by atoms with E-state index in [0.717, 1.165) is 6.42 Å². The van der Waals surface area contributed by atoms with Crippen LogP contribution in [0.15, 0.2) is 35.5 Å². The summed E-state index contributed by atoms with van der Waals surface area (Å²) in [6.45, 7) is 8.87. The molecule has 0 radical (unpaired) electrons. The molecule has 0 aliphatic heterocycles. The standard InChI is InChI=1S/C15H20O/c1-10(2)12-5-6-13-8-14(16)7-11(3)15(13,4)9-12/h5-8,10,12H,9H2,1-4H3/t12-,15?/m1/s1. The first-order valence-electron chi connectivity index (χ1n) is 6.06. The molecule has 0 spiro atoms. The summed E-state index contributed by atoms with van der Waals surface area (Å²) < 4.78 is 0. The highest BCUT2D eigenvalue weighted by atomic mass is 16.1. The van der Waals surface area contributed by atoms with Crippen LogP contribution in [0.3, 0.4) is 0 Å². The van der Waals surface area contributed by atoms with Gasteiger partial charge in [0.05, 0.1) is 0 Å². The quantitative estimate of drug-likeness (QED) is 0.653. The molecule has 2 rings (SSSR count). The first-order chi connectivity index (χ1) is 7.43. The fourth-order valence-corrected chi connectivity index (χ4v) is 2.69. The van der Waals surface area contributed by atoms with E-state index in [4.69, 9.17) is 0 Å². The highest BCUT2D eigenvalue weighted by molar-refractivity contribution is 6.02. The maximum atomic E-state index is 11.5. The van der Waals surface area contributed by atoms with Crippen LogP contribution in [-0.4, -0.2) is 5.78 Å². The molecule has 0 bridgehead atoms. The van der Waals surface area contributed by atoms with Crippen LogP contribution in [0, 0.1) is 17.3 Å². The van der Waals surface area contributed by atoms with Gasteiger partial charge in [0, 0.05) is 5.41 Å². The van der Waals surface area contributed by atoms with Gasteiger partial charge in [0.1, 0.15) is 0 Å². The summed E-state index contributed by atoms with van der Waals surface area (Å²) in [5.74, 6) is 1.43. The van der Waals surface area contributed by atoms with E-state index >= 15 is 0 Å². The van der Waals surface area contributed by atoms with E-state index in [1.54, 1.807) is 12.2 Å². The molecule has 2 atom stereocenters. The Morgan fingerprint density at radius 1 is 1.38 bits per heavy atom. The third kappa shape index (κ3) is 1.68. The zero-order valence-electron chi connectivity index (χ0n) is 10.6. The number of allylic oxidation sites excluding steroid dienone is 6. The van der Waals surface area contributed by atoms with Crippen molar-refractivity contribution in [1.82, 2.24) is 0 Å². The van der Waals surface area contributed by atoms with Crippen LogP contribution in [0.25, 0.3) is 0 Å². The van der Waals surface area contributed by atoms with Crippen molar-refractivity contribution in [3.63, 3.8) is 0 Å². The summed E-state index contributed by atoms with van der Waals surface area (Å²) in [6, 6.07) is 0. The van der Waals surface area contributed by atoms with Crippen molar-refractivity contribution in [2.45, 2.75) is 34.1 Å². The number of carbonyl (C=O) groups excluding carboxylic acids is 1. The average molecular weight is 216 g/mol. The fraction of sp³-hybridized carbons (Fsp3) is 0.533. The molecule has 1 unspecified atom stereocenters. The predicted octanol–water partition coefficient (Wildman–Crippen LogP) is 3.68. The second kappa shape index (κ2) is 3.73.